The van der Waals surface area contributed by atoms with Gasteiger partial charge < -0.3 is 9.47 Å². The molecule has 0 bridgehead atoms. The summed E-state index contributed by atoms with van der Waals surface area (Å²) < 4.78 is 4.66. The van der Waals surface area contributed by atoms with Crippen molar-refractivity contribution >= 4 is 61.1 Å². The molecule has 0 saturated carbocycles. The Balaban J connectivity index is 1.13. The molecule has 9 aromatic rings. The molecule has 4 nitrogen and oxygen atoms in total. The number of imidazole rings is 1. The maximum Gasteiger partial charge on any atom is 0.145 e. The van der Waals surface area contributed by atoms with E-state index in [2.05, 4.69) is 172 Å². The zero-order chi connectivity index (χ0) is 30.9. The molecular weight excluding hydrogens is 573 g/mol. The Labute approximate surface area is 271 Å². The number of fused-ring (bicyclic) bond motifs is 5. The predicted molar refractivity (Wildman–Crippen MR) is 196 cm³/mol. The van der Waals surface area contributed by atoms with Gasteiger partial charge in [0.25, 0.3) is 0 Å². The van der Waals surface area contributed by atoms with Crippen LogP contribution < -0.4 is 4.90 Å². The summed E-state index contributed by atoms with van der Waals surface area (Å²) in [6.07, 6.45) is 4.52. The highest BCUT2D eigenvalue weighted by Gasteiger charge is 2.23. The van der Waals surface area contributed by atoms with E-state index in [1.807, 2.05) is 12.1 Å². The molecule has 4 heteroatoms. The van der Waals surface area contributed by atoms with Gasteiger partial charge in [-0.3, -0.25) is 4.57 Å². The lowest BCUT2D eigenvalue weighted by Gasteiger charge is -2.27. The van der Waals surface area contributed by atoms with Crippen LogP contribution in [0.25, 0.3) is 72.5 Å². The number of aromatic nitrogens is 3. The molecule has 0 radical (unpaired) electrons. The summed E-state index contributed by atoms with van der Waals surface area (Å²) in [6.45, 7) is 0. The number of nitrogens with zero attached hydrogens (tertiary/aromatic N) is 4. The lowest BCUT2D eigenvalue weighted by Crippen LogP contribution is -2.12. The first-order valence-electron chi connectivity index (χ1n) is 16.0. The summed E-state index contributed by atoms with van der Waals surface area (Å²) in [7, 11) is 0. The third kappa shape index (κ3) is 3.85. The van der Waals surface area contributed by atoms with Crippen molar-refractivity contribution in [3.05, 3.63) is 169 Å². The van der Waals surface area contributed by atoms with Crippen LogP contribution in [-0.4, -0.2) is 14.1 Å². The van der Waals surface area contributed by atoms with Gasteiger partial charge in [0.05, 0.1) is 27.8 Å². The van der Waals surface area contributed by atoms with Crippen LogP contribution in [0.1, 0.15) is 5.56 Å². The van der Waals surface area contributed by atoms with Gasteiger partial charge in [-0.1, -0.05) is 91.0 Å². The second-order valence-corrected chi connectivity index (χ2v) is 12.1. The van der Waals surface area contributed by atoms with Crippen molar-refractivity contribution in [3.8, 4) is 22.8 Å². The lowest BCUT2D eigenvalue weighted by atomic mass is 9.94. The van der Waals surface area contributed by atoms with Crippen LogP contribution in [0.2, 0.25) is 0 Å². The molecule has 0 spiro atoms. The molecule has 0 amide bonds. The van der Waals surface area contributed by atoms with E-state index in [0.29, 0.717) is 0 Å². The molecule has 1 aliphatic rings. The minimum Gasteiger partial charge on any atom is -0.317 e. The molecule has 0 N–H and O–H groups in total. The maximum absolute atomic E-state index is 5.03. The minimum atomic E-state index is 0.940. The van der Waals surface area contributed by atoms with Gasteiger partial charge >= 0.3 is 0 Å². The molecule has 3 heterocycles. The summed E-state index contributed by atoms with van der Waals surface area (Å²) in [5.74, 6) is 0.940. The molecule has 7 aromatic carbocycles. The Morgan fingerprint density at radius 1 is 0.468 bits per heavy atom. The zero-order valence-corrected chi connectivity index (χ0v) is 25.5. The van der Waals surface area contributed by atoms with Crippen LogP contribution in [0, 0.1) is 0 Å². The number of hydrogen-bond donors (Lipinski definition) is 0. The summed E-state index contributed by atoms with van der Waals surface area (Å²) in [4.78, 5) is 7.34. The molecular formula is C43H28N4. The first kappa shape index (κ1) is 25.9. The van der Waals surface area contributed by atoms with Crippen molar-refractivity contribution in [2.45, 2.75) is 0 Å². The molecule has 47 heavy (non-hydrogen) atoms. The Bertz CT molecular complexity index is 2660. The van der Waals surface area contributed by atoms with E-state index in [4.69, 9.17) is 4.98 Å². The third-order valence-electron chi connectivity index (χ3n) is 9.46. The van der Waals surface area contributed by atoms with Crippen LogP contribution in [0.5, 0.6) is 0 Å². The predicted octanol–water partition coefficient (Wildman–Crippen LogP) is 11.1. The number of para-hydroxylation sites is 4. The van der Waals surface area contributed by atoms with Crippen molar-refractivity contribution in [2.75, 3.05) is 4.90 Å². The van der Waals surface area contributed by atoms with Crippen molar-refractivity contribution in [3.63, 3.8) is 0 Å². The van der Waals surface area contributed by atoms with Crippen molar-refractivity contribution in [2.24, 2.45) is 0 Å². The Kier molecular flexibility index (Phi) is 5.54. The molecule has 220 valence electrons. The normalized spacial score (nSPS) is 12.6. The highest BCUT2D eigenvalue weighted by Crippen LogP contribution is 2.45. The molecule has 0 atom stereocenters. The van der Waals surface area contributed by atoms with E-state index in [1.165, 1.54) is 49.5 Å². The first-order chi connectivity index (χ1) is 23.3. The highest BCUT2D eigenvalue weighted by molar-refractivity contribution is 6.22. The average molecular weight is 601 g/mol. The van der Waals surface area contributed by atoms with Crippen molar-refractivity contribution in [1.82, 2.24) is 14.1 Å². The van der Waals surface area contributed by atoms with Crippen LogP contribution in [0.3, 0.4) is 0 Å². The van der Waals surface area contributed by atoms with E-state index in [1.54, 1.807) is 0 Å². The summed E-state index contributed by atoms with van der Waals surface area (Å²) >= 11 is 0. The van der Waals surface area contributed by atoms with Crippen LogP contribution >= 0.6 is 0 Å². The number of anilines is 2. The Hall–Kier alpha value is -6.39. The number of rotatable bonds is 4. The van der Waals surface area contributed by atoms with Crippen molar-refractivity contribution < 1.29 is 0 Å². The largest absolute Gasteiger partial charge is 0.317 e. The van der Waals surface area contributed by atoms with Gasteiger partial charge in [0.1, 0.15) is 5.82 Å². The monoisotopic (exact) mass is 600 g/mol. The second-order valence-electron chi connectivity index (χ2n) is 12.1. The maximum atomic E-state index is 5.03. The number of hydrogen-bond acceptors (Lipinski definition) is 2. The quantitative estimate of drug-likeness (QED) is 0.201. The Morgan fingerprint density at radius 3 is 1.98 bits per heavy atom. The van der Waals surface area contributed by atoms with Gasteiger partial charge in [0, 0.05) is 45.0 Å². The van der Waals surface area contributed by atoms with Gasteiger partial charge in [-0.15, -0.1) is 0 Å². The van der Waals surface area contributed by atoms with E-state index < -0.39 is 0 Å². The summed E-state index contributed by atoms with van der Waals surface area (Å²) in [5, 5.41) is 5.06. The van der Waals surface area contributed by atoms with Gasteiger partial charge in [0.2, 0.25) is 0 Å². The summed E-state index contributed by atoms with van der Waals surface area (Å²) in [6, 6.07) is 56.1. The van der Waals surface area contributed by atoms with Gasteiger partial charge in [-0.25, -0.2) is 4.98 Å². The molecule has 0 fully saturated rings. The van der Waals surface area contributed by atoms with E-state index in [-0.39, 0.29) is 0 Å². The lowest BCUT2D eigenvalue weighted by molar-refractivity contribution is 1.10. The van der Waals surface area contributed by atoms with Gasteiger partial charge in [-0.2, -0.15) is 0 Å². The minimum absolute atomic E-state index is 0.940. The zero-order valence-electron chi connectivity index (χ0n) is 25.5. The molecule has 0 aliphatic carbocycles. The molecule has 1 aliphatic heterocycles. The first-order valence-corrected chi connectivity index (χ1v) is 16.0. The number of benzene rings is 7. The Morgan fingerprint density at radius 2 is 1.15 bits per heavy atom. The van der Waals surface area contributed by atoms with E-state index in [9.17, 15) is 0 Å². The molecule has 0 unspecified atom stereocenters. The SMILES string of the molecule is C1=CN(c2ccc(-n3c(-c4ccccc4)nc4ccccc43)cc2)c2cccc3cc4c(c1c23)c1ccccc1n4-c1ccccc1. The highest BCUT2D eigenvalue weighted by atomic mass is 15.1. The summed E-state index contributed by atoms with van der Waals surface area (Å²) in [5.41, 5.74) is 11.4. The molecule has 10 rings (SSSR count). The van der Waals surface area contributed by atoms with Gasteiger partial charge in [-0.05, 0) is 83.8 Å². The fourth-order valence-corrected chi connectivity index (χ4v) is 7.43. The van der Waals surface area contributed by atoms with E-state index in [0.717, 1.165) is 33.8 Å². The second kappa shape index (κ2) is 10.1. The fourth-order valence-electron chi connectivity index (χ4n) is 7.43. The topological polar surface area (TPSA) is 26.0 Å². The standard InChI is InChI=1S/C43H28N4/c1-3-12-29(13-4-1)43-44-36-18-8-10-20-38(36)47(43)33-24-22-31(23-25-33)45-27-26-35-41-30(14-11-21-39(41)45)28-40-42(35)34-17-7-9-19-37(34)46(40)32-15-5-2-6-16-32/h1-28H. The van der Waals surface area contributed by atoms with Crippen LogP contribution in [-0.2, 0) is 0 Å². The van der Waals surface area contributed by atoms with Gasteiger partial charge in [0.15, 0.2) is 0 Å². The molecule has 0 saturated heterocycles. The van der Waals surface area contributed by atoms with Crippen LogP contribution in [0.4, 0.5) is 11.4 Å². The van der Waals surface area contributed by atoms with Crippen molar-refractivity contribution in [1.29, 1.82) is 0 Å². The fraction of sp³-hybridized carbons (Fsp3) is 0. The molecule has 2 aromatic heterocycles. The van der Waals surface area contributed by atoms with E-state index >= 15 is 0 Å². The smallest absolute Gasteiger partial charge is 0.145 e. The van der Waals surface area contributed by atoms with Crippen LogP contribution in [0.15, 0.2) is 164 Å². The third-order valence-corrected chi connectivity index (χ3v) is 9.46. The average Bonchev–Trinajstić information content (AvgIpc) is 3.69.